The van der Waals surface area contributed by atoms with Gasteiger partial charge in [-0.15, -0.1) is 0 Å². The lowest BCUT2D eigenvalue weighted by Crippen LogP contribution is -2.24. The van der Waals surface area contributed by atoms with Gasteiger partial charge >= 0.3 is 5.97 Å². The van der Waals surface area contributed by atoms with Crippen molar-refractivity contribution in [3.63, 3.8) is 0 Å². The summed E-state index contributed by atoms with van der Waals surface area (Å²) in [5, 5.41) is 29.0. The molecule has 7 heteroatoms. The summed E-state index contributed by atoms with van der Waals surface area (Å²) in [6.45, 7) is -0.232. The quantitative estimate of drug-likeness (QED) is 0.504. The summed E-state index contributed by atoms with van der Waals surface area (Å²) in [7, 11) is 0. The fourth-order valence-corrected chi connectivity index (χ4v) is 3.43. The van der Waals surface area contributed by atoms with E-state index < -0.39 is 17.4 Å². The third-order valence-electron chi connectivity index (χ3n) is 4.24. The average molecular weight is 465 g/mol. The number of phenolic OH excluding ortho intramolecular Hbond substituents is 1. The molecule has 0 aliphatic rings. The lowest BCUT2D eigenvalue weighted by atomic mass is 10.0. The second kappa shape index (κ2) is 7.46. The number of fused-ring (bicyclic) bond motifs is 1. The molecule has 3 N–H and O–H groups in total. The third-order valence-corrected chi connectivity index (χ3v) is 4.91. The highest BCUT2D eigenvalue weighted by atomic mass is 127. The van der Waals surface area contributed by atoms with Crippen LogP contribution in [-0.4, -0.2) is 32.5 Å². The van der Waals surface area contributed by atoms with E-state index in [1.54, 1.807) is 41.0 Å². The molecule has 0 fully saturated rings. The molecule has 0 saturated heterocycles. The fraction of sp³-hybridized carbons (Fsp3) is 0.158. The van der Waals surface area contributed by atoms with Gasteiger partial charge in [-0.2, -0.15) is 0 Å². The van der Waals surface area contributed by atoms with E-state index in [1.807, 2.05) is 6.07 Å². The van der Waals surface area contributed by atoms with Gasteiger partial charge in [-0.3, -0.25) is 4.79 Å². The molecule has 0 bridgehead atoms. The zero-order chi connectivity index (χ0) is 18.8. The number of carboxylic acid groups (broad SMARTS) is 1. The molecule has 1 unspecified atom stereocenters. The second-order valence-corrected chi connectivity index (χ2v) is 7.20. The van der Waals surface area contributed by atoms with E-state index in [-0.39, 0.29) is 17.9 Å². The van der Waals surface area contributed by atoms with Gasteiger partial charge in [0.05, 0.1) is 18.2 Å². The number of benzene rings is 2. The molecule has 0 aliphatic heterocycles. The summed E-state index contributed by atoms with van der Waals surface area (Å²) < 4.78 is 2.46. The maximum Gasteiger partial charge on any atom is 0.341 e. The first kappa shape index (κ1) is 18.4. The zero-order valence-electron chi connectivity index (χ0n) is 13.6. The number of halogens is 1. The van der Waals surface area contributed by atoms with Gasteiger partial charge in [-0.25, -0.2) is 4.79 Å². The number of hydrogen-bond acceptors (Lipinski definition) is 4. The first-order valence-corrected chi connectivity index (χ1v) is 8.95. The Morgan fingerprint density at radius 2 is 1.85 bits per heavy atom. The van der Waals surface area contributed by atoms with Crippen molar-refractivity contribution < 1.29 is 20.1 Å². The molecule has 1 aromatic heterocycles. The molecule has 1 atom stereocenters. The lowest BCUT2D eigenvalue weighted by molar-refractivity contribution is 0.0694. The van der Waals surface area contributed by atoms with Crippen LogP contribution < -0.4 is 5.43 Å². The number of phenols is 1. The molecule has 0 amide bonds. The number of carboxylic acids is 1. The van der Waals surface area contributed by atoms with Crippen molar-refractivity contribution in [1.29, 1.82) is 0 Å². The molecule has 3 rings (SSSR count). The van der Waals surface area contributed by atoms with Gasteiger partial charge in [0, 0.05) is 15.2 Å². The predicted molar refractivity (Wildman–Crippen MR) is 106 cm³/mol. The highest BCUT2D eigenvalue weighted by Crippen LogP contribution is 2.23. The number of carbonyl (C=O) groups is 1. The van der Waals surface area contributed by atoms with Gasteiger partial charge in [0.15, 0.2) is 0 Å². The highest BCUT2D eigenvalue weighted by molar-refractivity contribution is 14.1. The highest BCUT2D eigenvalue weighted by Gasteiger charge is 2.19. The molecule has 1 heterocycles. The normalized spacial score (nSPS) is 12.2. The summed E-state index contributed by atoms with van der Waals surface area (Å²) in [5.41, 5.74) is 0.571. The van der Waals surface area contributed by atoms with Crippen LogP contribution in [0.5, 0.6) is 5.75 Å². The molecule has 134 valence electrons. The van der Waals surface area contributed by atoms with Crippen LogP contribution in [0, 0.1) is 3.57 Å². The minimum Gasteiger partial charge on any atom is -0.508 e. The van der Waals surface area contributed by atoms with Crippen LogP contribution in [0.2, 0.25) is 0 Å². The van der Waals surface area contributed by atoms with Gasteiger partial charge in [-0.1, -0.05) is 12.1 Å². The first-order chi connectivity index (χ1) is 12.4. The van der Waals surface area contributed by atoms with Gasteiger partial charge in [-0.05, 0) is 64.9 Å². The van der Waals surface area contributed by atoms with E-state index in [0.717, 1.165) is 9.13 Å². The van der Waals surface area contributed by atoms with Gasteiger partial charge < -0.3 is 19.9 Å². The van der Waals surface area contributed by atoms with E-state index in [1.165, 1.54) is 6.20 Å². The summed E-state index contributed by atoms with van der Waals surface area (Å²) in [5.74, 6) is -1.16. The van der Waals surface area contributed by atoms with E-state index >= 15 is 0 Å². The summed E-state index contributed by atoms with van der Waals surface area (Å²) in [6, 6.07) is 11.4. The van der Waals surface area contributed by atoms with E-state index in [4.69, 9.17) is 0 Å². The topological polar surface area (TPSA) is 99.8 Å². The van der Waals surface area contributed by atoms with Crippen LogP contribution in [0.3, 0.4) is 0 Å². The van der Waals surface area contributed by atoms with Gasteiger partial charge in [0.2, 0.25) is 5.43 Å². The standard InChI is InChI=1S/C19H16INO5/c20-12-3-6-17-15(8-12)18(24)16(19(25)26)9-21(17)13(10-22)7-11-1-4-14(23)5-2-11/h1-6,8-9,13,22-23H,7,10H2,(H,25,26). The summed E-state index contributed by atoms with van der Waals surface area (Å²) in [4.78, 5) is 24.0. The molecule has 0 spiro atoms. The third kappa shape index (κ3) is 3.58. The Morgan fingerprint density at radius 1 is 1.15 bits per heavy atom. The lowest BCUT2D eigenvalue weighted by Gasteiger charge is -2.22. The number of hydrogen-bond donors (Lipinski definition) is 3. The predicted octanol–water partition coefficient (Wildman–Crippen LogP) is 2.79. The van der Waals surface area contributed by atoms with Crippen molar-refractivity contribution in [2.75, 3.05) is 6.61 Å². The minimum absolute atomic E-state index is 0.144. The molecule has 0 saturated carbocycles. The van der Waals surface area contributed by atoms with Crippen molar-refractivity contribution in [3.8, 4) is 5.75 Å². The monoisotopic (exact) mass is 465 g/mol. The number of aliphatic hydroxyl groups is 1. The first-order valence-electron chi connectivity index (χ1n) is 7.87. The van der Waals surface area contributed by atoms with Crippen molar-refractivity contribution in [3.05, 3.63) is 73.6 Å². The van der Waals surface area contributed by atoms with Crippen LogP contribution in [-0.2, 0) is 6.42 Å². The minimum atomic E-state index is -1.30. The number of aliphatic hydroxyl groups excluding tert-OH is 1. The molecule has 3 aromatic rings. The maximum atomic E-state index is 12.5. The Morgan fingerprint density at radius 3 is 2.46 bits per heavy atom. The maximum absolute atomic E-state index is 12.5. The van der Waals surface area contributed by atoms with Crippen molar-refractivity contribution in [2.45, 2.75) is 12.5 Å². The van der Waals surface area contributed by atoms with Crippen LogP contribution >= 0.6 is 22.6 Å². The summed E-state index contributed by atoms with van der Waals surface area (Å²) >= 11 is 2.06. The molecule has 0 aliphatic carbocycles. The van der Waals surface area contributed by atoms with Gasteiger partial charge in [0.1, 0.15) is 11.3 Å². The Bertz CT molecular complexity index is 1030. The SMILES string of the molecule is O=C(O)c1cn(C(CO)Cc2ccc(O)cc2)c2ccc(I)cc2c1=O. The number of nitrogens with zero attached hydrogens (tertiary/aromatic N) is 1. The molecule has 26 heavy (non-hydrogen) atoms. The Balaban J connectivity index is 2.17. The van der Waals surface area contributed by atoms with E-state index in [9.17, 15) is 24.9 Å². The Kier molecular flexibility index (Phi) is 5.28. The largest absolute Gasteiger partial charge is 0.508 e. The van der Waals surface area contributed by atoms with E-state index in [2.05, 4.69) is 22.6 Å². The van der Waals surface area contributed by atoms with Crippen LogP contribution in [0.4, 0.5) is 0 Å². The second-order valence-electron chi connectivity index (χ2n) is 5.95. The Labute approximate surface area is 162 Å². The fourth-order valence-electron chi connectivity index (χ4n) is 2.94. The van der Waals surface area contributed by atoms with Crippen molar-refractivity contribution >= 4 is 39.5 Å². The average Bonchev–Trinajstić information content (AvgIpc) is 2.62. The van der Waals surface area contributed by atoms with Crippen molar-refractivity contribution in [2.24, 2.45) is 0 Å². The summed E-state index contributed by atoms with van der Waals surface area (Å²) in [6.07, 6.45) is 1.71. The van der Waals surface area contributed by atoms with Crippen LogP contribution in [0.15, 0.2) is 53.5 Å². The van der Waals surface area contributed by atoms with Crippen LogP contribution in [0.25, 0.3) is 10.9 Å². The number of aromatic carboxylic acids is 1. The number of aromatic hydroxyl groups is 1. The number of aromatic nitrogens is 1. The van der Waals surface area contributed by atoms with Crippen LogP contribution in [0.1, 0.15) is 22.0 Å². The van der Waals surface area contributed by atoms with E-state index in [0.29, 0.717) is 17.3 Å². The molecule has 0 radical (unpaired) electrons. The molecular formula is C19H16INO5. The number of pyridine rings is 1. The smallest absolute Gasteiger partial charge is 0.341 e. The Hall–Kier alpha value is -2.39. The molecule has 2 aromatic carbocycles. The molecule has 6 nitrogen and oxygen atoms in total. The number of rotatable bonds is 5. The molecular weight excluding hydrogens is 449 g/mol. The zero-order valence-corrected chi connectivity index (χ0v) is 15.8. The van der Waals surface area contributed by atoms with Crippen molar-refractivity contribution in [1.82, 2.24) is 4.57 Å². The van der Waals surface area contributed by atoms with Gasteiger partial charge in [0.25, 0.3) is 0 Å².